The fourth-order valence-corrected chi connectivity index (χ4v) is 5.93. The molecule has 176 valence electrons. The molecule has 2 aliphatic heterocycles. The average molecular weight is 514 g/mol. The van der Waals surface area contributed by atoms with Crippen molar-refractivity contribution in [3.8, 4) is 0 Å². The molecule has 3 atom stereocenters. The van der Waals surface area contributed by atoms with E-state index in [1.165, 1.54) is 31.7 Å². The summed E-state index contributed by atoms with van der Waals surface area (Å²) in [4.78, 5) is 22.3. The summed E-state index contributed by atoms with van der Waals surface area (Å²) in [5.74, 6) is 1.59. The minimum atomic E-state index is -0.347. The minimum absolute atomic E-state index is 0.00286. The lowest BCUT2D eigenvalue weighted by Gasteiger charge is -2.46. The zero-order chi connectivity index (χ0) is 23.7. The lowest BCUT2D eigenvalue weighted by molar-refractivity contribution is -0.130. The molecule has 1 aliphatic carbocycles. The van der Waals surface area contributed by atoms with Crippen LogP contribution in [-0.4, -0.2) is 41.1 Å². The Morgan fingerprint density at radius 2 is 2.06 bits per heavy atom. The van der Waals surface area contributed by atoms with Crippen LogP contribution in [-0.2, 0) is 4.79 Å². The minimum Gasteiger partial charge on any atom is -0.334 e. The molecule has 0 N–H and O–H groups in total. The molecule has 4 nitrogen and oxygen atoms in total. The molecule has 4 rings (SSSR count). The van der Waals surface area contributed by atoms with Gasteiger partial charge in [0.25, 0.3) is 5.91 Å². The van der Waals surface area contributed by atoms with E-state index < -0.39 is 0 Å². The number of likely N-dealkylation sites (tertiary alicyclic amines) is 1. The first-order valence-electron chi connectivity index (χ1n) is 12.0. The van der Waals surface area contributed by atoms with Crippen LogP contribution in [0, 0.1) is 17.7 Å². The lowest BCUT2D eigenvalue weighted by atomic mass is 9.71. The highest BCUT2D eigenvalue weighted by Crippen LogP contribution is 2.40. The Morgan fingerprint density at radius 1 is 1.30 bits per heavy atom. The number of nitrogens with zero attached hydrogens (tertiary/aromatic N) is 3. The molecule has 0 radical (unpaired) electrons. The number of benzene rings is 1. The van der Waals surface area contributed by atoms with Crippen molar-refractivity contribution in [2.75, 3.05) is 13.6 Å². The molecule has 33 heavy (non-hydrogen) atoms. The van der Waals surface area contributed by atoms with Crippen molar-refractivity contribution in [2.45, 2.75) is 58.4 Å². The number of piperidine rings is 1. The first kappa shape index (κ1) is 23.9. The number of amides is 1. The van der Waals surface area contributed by atoms with E-state index in [1.807, 2.05) is 22.9 Å². The summed E-state index contributed by atoms with van der Waals surface area (Å²) < 4.78 is 15.2. The van der Waals surface area contributed by atoms with Crippen LogP contribution in [0.4, 0.5) is 4.39 Å². The maximum absolute atomic E-state index is 14.5. The number of aliphatic imine (C=N–C) groups is 1. The molecule has 0 bridgehead atoms. The summed E-state index contributed by atoms with van der Waals surface area (Å²) in [7, 11) is 1.92. The maximum atomic E-state index is 14.5. The first-order chi connectivity index (χ1) is 15.8. The number of fused-ring (bicyclic) bond motifs is 1. The van der Waals surface area contributed by atoms with Crippen LogP contribution < -0.4 is 0 Å². The third-order valence-corrected chi connectivity index (χ3v) is 8.05. The molecule has 3 aliphatic rings. The molecule has 1 saturated carbocycles. The van der Waals surface area contributed by atoms with Crippen molar-refractivity contribution in [2.24, 2.45) is 16.8 Å². The van der Waals surface area contributed by atoms with E-state index in [1.54, 1.807) is 18.2 Å². The smallest absolute Gasteiger partial charge is 0.272 e. The van der Waals surface area contributed by atoms with Crippen LogP contribution in [0.2, 0.25) is 0 Å². The molecule has 2 heterocycles. The van der Waals surface area contributed by atoms with Gasteiger partial charge in [-0.3, -0.25) is 4.79 Å². The molecule has 2 fully saturated rings. The quantitative estimate of drug-likeness (QED) is 0.457. The van der Waals surface area contributed by atoms with E-state index in [9.17, 15) is 9.18 Å². The topological polar surface area (TPSA) is 35.9 Å². The van der Waals surface area contributed by atoms with Gasteiger partial charge in [0, 0.05) is 35.4 Å². The summed E-state index contributed by atoms with van der Waals surface area (Å²) in [6.45, 7) is 9.13. The summed E-state index contributed by atoms with van der Waals surface area (Å²) >= 11 is 3.29. The molecule has 1 aromatic carbocycles. The molecule has 0 spiro atoms. The van der Waals surface area contributed by atoms with E-state index in [0.29, 0.717) is 33.1 Å². The van der Waals surface area contributed by atoms with Gasteiger partial charge >= 0.3 is 0 Å². The second-order valence-corrected chi connectivity index (χ2v) is 10.3. The molecular weight excluding hydrogens is 481 g/mol. The number of hydrogen-bond donors (Lipinski definition) is 0. The molecule has 1 amide bonds. The van der Waals surface area contributed by atoms with E-state index in [0.717, 1.165) is 31.0 Å². The van der Waals surface area contributed by atoms with Gasteiger partial charge in [0.2, 0.25) is 0 Å². The van der Waals surface area contributed by atoms with Crippen molar-refractivity contribution in [3.63, 3.8) is 0 Å². The van der Waals surface area contributed by atoms with Crippen LogP contribution in [0.15, 0.2) is 57.9 Å². The predicted molar refractivity (Wildman–Crippen MR) is 136 cm³/mol. The monoisotopic (exact) mass is 513 g/mol. The molecule has 1 saturated heterocycles. The Morgan fingerprint density at radius 3 is 2.79 bits per heavy atom. The Balaban J connectivity index is 1.62. The molecule has 1 aromatic rings. The second-order valence-electron chi connectivity index (χ2n) is 9.43. The number of halogens is 2. The Kier molecular flexibility index (Phi) is 7.22. The van der Waals surface area contributed by atoms with Gasteiger partial charge in [-0.15, -0.1) is 0 Å². The van der Waals surface area contributed by atoms with Gasteiger partial charge in [0.1, 0.15) is 17.3 Å². The van der Waals surface area contributed by atoms with E-state index >= 15 is 0 Å². The van der Waals surface area contributed by atoms with Gasteiger partial charge in [-0.05, 0) is 67.9 Å². The Labute approximate surface area is 205 Å². The van der Waals surface area contributed by atoms with Crippen LogP contribution in [0.25, 0.3) is 5.57 Å². The van der Waals surface area contributed by atoms with Crippen molar-refractivity contribution in [1.82, 2.24) is 9.80 Å². The van der Waals surface area contributed by atoms with Gasteiger partial charge in [0.05, 0.1) is 0 Å². The molecular formula is C27H33BrFN3O. The Bertz CT molecular complexity index is 1040. The van der Waals surface area contributed by atoms with Gasteiger partial charge in [-0.1, -0.05) is 54.8 Å². The SMILES string of the molecule is C=C(/C=C1/N=C(C(=O)N2CCC3CCCCC3C2C)C=C(CC)N1C)c1ccc(Br)cc1F. The van der Waals surface area contributed by atoms with Crippen LogP contribution in [0.1, 0.15) is 57.9 Å². The van der Waals surface area contributed by atoms with Crippen molar-refractivity contribution in [1.29, 1.82) is 0 Å². The third-order valence-electron chi connectivity index (χ3n) is 7.56. The second kappa shape index (κ2) is 9.96. The Hall–Kier alpha value is -2.21. The molecule has 0 aromatic heterocycles. The highest BCUT2D eigenvalue weighted by molar-refractivity contribution is 9.10. The van der Waals surface area contributed by atoms with Crippen molar-refractivity contribution in [3.05, 3.63) is 64.3 Å². The van der Waals surface area contributed by atoms with Crippen LogP contribution in [0.5, 0.6) is 0 Å². The third kappa shape index (κ3) is 4.86. The summed E-state index contributed by atoms with van der Waals surface area (Å²) in [5, 5.41) is 0. The molecule has 6 heteroatoms. The first-order valence-corrected chi connectivity index (χ1v) is 12.8. The zero-order valence-electron chi connectivity index (χ0n) is 19.8. The number of hydrogen-bond acceptors (Lipinski definition) is 3. The van der Waals surface area contributed by atoms with Gasteiger partial charge in [-0.2, -0.15) is 0 Å². The number of allylic oxidation sites excluding steroid dienone is 3. The zero-order valence-corrected chi connectivity index (χ0v) is 21.4. The highest BCUT2D eigenvalue weighted by Gasteiger charge is 2.39. The van der Waals surface area contributed by atoms with Crippen LogP contribution in [0.3, 0.4) is 0 Å². The largest absolute Gasteiger partial charge is 0.334 e. The summed E-state index contributed by atoms with van der Waals surface area (Å²) in [5.41, 5.74) is 2.40. The van der Waals surface area contributed by atoms with Gasteiger partial charge in [0.15, 0.2) is 0 Å². The lowest BCUT2D eigenvalue weighted by Crippen LogP contribution is -2.53. The van der Waals surface area contributed by atoms with Gasteiger partial charge in [-0.25, -0.2) is 9.38 Å². The number of rotatable bonds is 4. The average Bonchev–Trinajstić information content (AvgIpc) is 2.80. The highest BCUT2D eigenvalue weighted by atomic mass is 79.9. The normalized spacial score (nSPS) is 26.6. The molecule has 3 unspecified atom stereocenters. The van der Waals surface area contributed by atoms with Gasteiger partial charge < -0.3 is 9.80 Å². The summed E-state index contributed by atoms with van der Waals surface area (Å²) in [6, 6.07) is 5.15. The van der Waals surface area contributed by atoms with Crippen molar-refractivity contribution >= 4 is 33.1 Å². The maximum Gasteiger partial charge on any atom is 0.272 e. The fraction of sp³-hybridized carbons (Fsp3) is 0.481. The van der Waals surface area contributed by atoms with E-state index in [4.69, 9.17) is 4.99 Å². The standard InChI is InChI=1S/C27H33BrFN3O/c1-5-21-16-25(27(33)32-13-12-19-8-6-7-9-23(19)18(32)3)30-26(31(21)4)14-17(2)22-11-10-20(28)15-24(22)29/h10-11,14-16,18-19,23H,2,5-9,12-13H2,1,3-4H3/b26-14-. The fourth-order valence-electron chi connectivity index (χ4n) is 5.60. The van der Waals surface area contributed by atoms with E-state index in [-0.39, 0.29) is 17.8 Å². The number of carbonyl (C=O) groups is 1. The number of carbonyl (C=O) groups excluding carboxylic acids is 1. The van der Waals surface area contributed by atoms with Crippen molar-refractivity contribution < 1.29 is 9.18 Å². The summed E-state index contributed by atoms with van der Waals surface area (Å²) in [6.07, 6.45) is 10.6. The predicted octanol–water partition coefficient (Wildman–Crippen LogP) is 6.55. The van der Waals surface area contributed by atoms with E-state index in [2.05, 4.69) is 36.4 Å². The van der Waals surface area contributed by atoms with Crippen LogP contribution >= 0.6 is 15.9 Å².